The zero-order valence-electron chi connectivity index (χ0n) is 13.4. The lowest BCUT2D eigenvalue weighted by molar-refractivity contribution is -0.137. The number of alkyl halides is 3. The van der Waals surface area contributed by atoms with E-state index >= 15 is 0 Å². The lowest BCUT2D eigenvalue weighted by atomic mass is 10.2. The molecule has 2 aromatic heterocycles. The maximum absolute atomic E-state index is 12.9. The standard InChI is InChI=1S/C17H14F4N4O/c18-13-5-3-11(4-6-13)16-24-15(26-25-16)2-1-8-22-14-10-12(7-9-23-14)17(19,20)21/h3-7,9-10H,1-2,8H2,(H,22,23). The molecule has 9 heteroatoms. The van der Waals surface area contributed by atoms with Crippen molar-refractivity contribution in [1.82, 2.24) is 15.1 Å². The van der Waals surface area contributed by atoms with Gasteiger partial charge in [-0.15, -0.1) is 0 Å². The summed E-state index contributed by atoms with van der Waals surface area (Å²) in [4.78, 5) is 8.06. The van der Waals surface area contributed by atoms with Crippen molar-refractivity contribution in [3.8, 4) is 11.4 Å². The minimum absolute atomic E-state index is 0.150. The van der Waals surface area contributed by atoms with E-state index in [2.05, 4.69) is 20.4 Å². The fraction of sp³-hybridized carbons (Fsp3) is 0.235. The molecule has 0 aliphatic rings. The molecule has 1 aromatic carbocycles. The summed E-state index contributed by atoms with van der Waals surface area (Å²) in [5, 5.41) is 6.65. The Morgan fingerprint density at radius 3 is 2.58 bits per heavy atom. The van der Waals surface area contributed by atoms with Gasteiger partial charge in [0.25, 0.3) is 0 Å². The summed E-state index contributed by atoms with van der Waals surface area (Å²) in [6.45, 7) is 0.391. The maximum Gasteiger partial charge on any atom is 0.416 e. The molecule has 3 aromatic rings. The van der Waals surface area contributed by atoms with E-state index in [-0.39, 0.29) is 11.6 Å². The largest absolute Gasteiger partial charge is 0.416 e. The summed E-state index contributed by atoms with van der Waals surface area (Å²) >= 11 is 0. The van der Waals surface area contributed by atoms with Crippen LogP contribution in [0, 0.1) is 5.82 Å². The molecule has 0 aliphatic carbocycles. The number of rotatable bonds is 6. The van der Waals surface area contributed by atoms with E-state index in [0.29, 0.717) is 36.7 Å². The van der Waals surface area contributed by atoms with Crippen molar-refractivity contribution in [1.29, 1.82) is 0 Å². The molecule has 0 aliphatic heterocycles. The second kappa shape index (κ2) is 7.51. The van der Waals surface area contributed by atoms with Gasteiger partial charge in [-0.1, -0.05) is 5.16 Å². The number of benzene rings is 1. The maximum atomic E-state index is 12.9. The quantitative estimate of drug-likeness (QED) is 0.520. The third-order valence-corrected chi connectivity index (χ3v) is 3.53. The second-order valence-electron chi connectivity index (χ2n) is 5.48. The zero-order chi connectivity index (χ0) is 18.6. The number of pyridine rings is 1. The molecule has 0 unspecified atom stereocenters. The predicted octanol–water partition coefficient (Wildman–Crippen LogP) is 4.33. The van der Waals surface area contributed by atoms with Gasteiger partial charge in [0.05, 0.1) is 5.56 Å². The molecule has 0 bridgehead atoms. The van der Waals surface area contributed by atoms with Crippen molar-refractivity contribution >= 4 is 5.82 Å². The molecular formula is C17H14F4N4O. The van der Waals surface area contributed by atoms with Gasteiger partial charge in [-0.2, -0.15) is 18.2 Å². The molecule has 3 rings (SSSR count). The molecule has 0 saturated heterocycles. The molecule has 0 amide bonds. The third-order valence-electron chi connectivity index (χ3n) is 3.53. The van der Waals surface area contributed by atoms with Crippen LogP contribution in [0.25, 0.3) is 11.4 Å². The summed E-state index contributed by atoms with van der Waals surface area (Å²) in [5.74, 6) is 0.541. The highest BCUT2D eigenvalue weighted by atomic mass is 19.4. The minimum Gasteiger partial charge on any atom is -0.370 e. The van der Waals surface area contributed by atoms with E-state index in [9.17, 15) is 17.6 Å². The van der Waals surface area contributed by atoms with Gasteiger partial charge in [0.1, 0.15) is 11.6 Å². The van der Waals surface area contributed by atoms with Crippen molar-refractivity contribution in [2.75, 3.05) is 11.9 Å². The highest BCUT2D eigenvalue weighted by Gasteiger charge is 2.30. The van der Waals surface area contributed by atoms with Gasteiger partial charge in [0.15, 0.2) is 0 Å². The number of hydrogen-bond acceptors (Lipinski definition) is 5. The van der Waals surface area contributed by atoms with Crippen LogP contribution in [0.5, 0.6) is 0 Å². The summed E-state index contributed by atoms with van der Waals surface area (Å²) in [5.41, 5.74) is -0.122. The molecule has 5 nitrogen and oxygen atoms in total. The van der Waals surface area contributed by atoms with Crippen LogP contribution in [0.4, 0.5) is 23.4 Å². The van der Waals surface area contributed by atoms with E-state index in [1.807, 2.05) is 0 Å². The molecule has 0 atom stereocenters. The van der Waals surface area contributed by atoms with Gasteiger partial charge in [0, 0.05) is 24.7 Å². The first-order valence-corrected chi connectivity index (χ1v) is 7.77. The number of nitrogens with zero attached hydrogens (tertiary/aromatic N) is 3. The fourth-order valence-electron chi connectivity index (χ4n) is 2.23. The van der Waals surface area contributed by atoms with Gasteiger partial charge in [0.2, 0.25) is 11.7 Å². The number of aryl methyl sites for hydroxylation is 1. The van der Waals surface area contributed by atoms with Gasteiger partial charge in [-0.25, -0.2) is 9.37 Å². The van der Waals surface area contributed by atoms with Crippen molar-refractivity contribution in [3.05, 3.63) is 59.9 Å². The Hall–Kier alpha value is -2.97. The van der Waals surface area contributed by atoms with Gasteiger partial charge in [-0.3, -0.25) is 0 Å². The zero-order valence-corrected chi connectivity index (χ0v) is 13.4. The van der Waals surface area contributed by atoms with Crippen LogP contribution in [-0.4, -0.2) is 21.7 Å². The smallest absolute Gasteiger partial charge is 0.370 e. The number of aromatic nitrogens is 3. The Balaban J connectivity index is 1.51. The van der Waals surface area contributed by atoms with Crippen molar-refractivity contribution in [2.45, 2.75) is 19.0 Å². The van der Waals surface area contributed by atoms with E-state index in [1.165, 1.54) is 12.1 Å². The van der Waals surface area contributed by atoms with Crippen LogP contribution in [-0.2, 0) is 12.6 Å². The van der Waals surface area contributed by atoms with Crippen molar-refractivity contribution in [3.63, 3.8) is 0 Å². The first-order valence-electron chi connectivity index (χ1n) is 7.77. The SMILES string of the molecule is Fc1ccc(-c2noc(CCCNc3cc(C(F)(F)F)ccn3)n2)cc1. The first kappa shape index (κ1) is 17.8. The summed E-state index contributed by atoms with van der Waals surface area (Å²) in [6, 6.07) is 7.57. The van der Waals surface area contributed by atoms with E-state index in [1.54, 1.807) is 12.1 Å². The fourth-order valence-corrected chi connectivity index (χ4v) is 2.23. The third kappa shape index (κ3) is 4.56. The van der Waals surface area contributed by atoms with Crippen LogP contribution >= 0.6 is 0 Å². The van der Waals surface area contributed by atoms with E-state index < -0.39 is 11.7 Å². The van der Waals surface area contributed by atoms with Crippen LogP contribution in [0.2, 0.25) is 0 Å². The van der Waals surface area contributed by atoms with Crippen LogP contribution in [0.15, 0.2) is 47.1 Å². The minimum atomic E-state index is -4.40. The monoisotopic (exact) mass is 366 g/mol. The van der Waals surface area contributed by atoms with E-state index in [0.717, 1.165) is 18.3 Å². The highest BCUT2D eigenvalue weighted by Crippen LogP contribution is 2.29. The molecule has 2 heterocycles. The van der Waals surface area contributed by atoms with Gasteiger partial charge in [-0.05, 0) is 42.8 Å². The van der Waals surface area contributed by atoms with E-state index in [4.69, 9.17) is 4.52 Å². The number of halogens is 4. The lowest BCUT2D eigenvalue weighted by Gasteiger charge is -2.09. The summed E-state index contributed by atoms with van der Waals surface area (Å²) in [7, 11) is 0. The molecule has 0 saturated carbocycles. The number of hydrogen-bond donors (Lipinski definition) is 1. The Labute approximate surface area is 146 Å². The molecule has 0 radical (unpaired) electrons. The first-order chi connectivity index (χ1) is 12.4. The molecule has 26 heavy (non-hydrogen) atoms. The normalized spacial score (nSPS) is 11.5. The number of nitrogens with one attached hydrogen (secondary N) is 1. The van der Waals surface area contributed by atoms with Gasteiger partial charge >= 0.3 is 6.18 Å². The molecule has 136 valence electrons. The average molecular weight is 366 g/mol. The summed E-state index contributed by atoms with van der Waals surface area (Å²) < 4.78 is 55.9. The second-order valence-corrected chi connectivity index (χ2v) is 5.48. The Bertz CT molecular complexity index is 862. The van der Waals surface area contributed by atoms with Crippen LogP contribution in [0.1, 0.15) is 17.9 Å². The molecule has 0 spiro atoms. The Morgan fingerprint density at radius 1 is 1.08 bits per heavy atom. The lowest BCUT2D eigenvalue weighted by Crippen LogP contribution is -2.09. The summed E-state index contributed by atoms with van der Waals surface area (Å²) in [6.07, 6.45) is -2.29. The highest BCUT2D eigenvalue weighted by molar-refractivity contribution is 5.53. The van der Waals surface area contributed by atoms with Crippen LogP contribution in [0.3, 0.4) is 0 Å². The average Bonchev–Trinajstić information content (AvgIpc) is 3.08. The molecule has 0 fully saturated rings. The van der Waals surface area contributed by atoms with Crippen molar-refractivity contribution < 1.29 is 22.1 Å². The molecular weight excluding hydrogens is 352 g/mol. The Morgan fingerprint density at radius 2 is 1.85 bits per heavy atom. The predicted molar refractivity (Wildman–Crippen MR) is 85.7 cm³/mol. The van der Waals surface area contributed by atoms with Crippen LogP contribution < -0.4 is 5.32 Å². The Kier molecular flexibility index (Phi) is 5.15. The topological polar surface area (TPSA) is 63.8 Å². The molecule has 1 N–H and O–H groups in total. The van der Waals surface area contributed by atoms with Crippen molar-refractivity contribution in [2.24, 2.45) is 0 Å². The van der Waals surface area contributed by atoms with Gasteiger partial charge < -0.3 is 9.84 Å². The number of anilines is 1.